The van der Waals surface area contributed by atoms with E-state index in [1.807, 2.05) is 0 Å². The smallest absolute Gasteiger partial charge is 0.411 e. The van der Waals surface area contributed by atoms with E-state index in [1.54, 1.807) is 24.3 Å². The summed E-state index contributed by atoms with van der Waals surface area (Å²) in [5.41, 5.74) is -3.21. The van der Waals surface area contributed by atoms with Crippen molar-refractivity contribution < 1.29 is 27.4 Å². The van der Waals surface area contributed by atoms with Gasteiger partial charge in [-0.05, 0) is 30.0 Å². The largest absolute Gasteiger partial charge is 0.416 e. The number of rotatable bonds is 5. The monoisotopic (exact) mass is 490 g/mol. The van der Waals surface area contributed by atoms with Crippen molar-refractivity contribution >= 4 is 39.1 Å². The Balaban J connectivity index is 2.07. The van der Waals surface area contributed by atoms with Crippen LogP contribution in [0.1, 0.15) is 5.56 Å². The molecule has 9 nitrogen and oxygen atoms in total. The molecule has 0 saturated heterocycles. The minimum atomic E-state index is -5.00. The van der Waals surface area contributed by atoms with Crippen LogP contribution in [0.5, 0.6) is 0 Å². The van der Waals surface area contributed by atoms with Gasteiger partial charge < -0.3 is 4.42 Å². The Hall–Kier alpha value is -3.00. The Morgan fingerprint density at radius 2 is 1.66 bits per heavy atom. The molecule has 14 heteroatoms. The second-order valence-electron chi connectivity index (χ2n) is 5.34. The molecule has 150 valence electrons. The number of aromatic nitrogens is 2. The molecule has 0 unspecified atom stereocenters. The Labute approximate surface area is 171 Å². The van der Waals surface area contributed by atoms with Crippen molar-refractivity contribution in [1.29, 1.82) is 0 Å². The third-order valence-corrected chi connectivity index (χ3v) is 4.89. The molecule has 0 atom stereocenters. The predicted octanol–water partition coefficient (Wildman–Crippen LogP) is 5.49. The maximum Gasteiger partial charge on any atom is 0.416 e. The van der Waals surface area contributed by atoms with E-state index in [1.165, 1.54) is 0 Å². The van der Waals surface area contributed by atoms with Gasteiger partial charge in [0.15, 0.2) is 4.90 Å². The normalized spacial score (nSPS) is 11.4. The Morgan fingerprint density at radius 1 is 1.03 bits per heavy atom. The lowest BCUT2D eigenvalue weighted by Crippen LogP contribution is -2.08. The molecule has 1 aromatic heterocycles. The molecule has 2 aromatic carbocycles. The standard InChI is InChI=1S/C15H6BrF3N4O5S/c16-9-3-1-2-7(4-9)13-20-21-14(28-13)29-12-10(22(24)25)5-8(15(17,18)19)6-11(12)23(26)27/h1-6H. The van der Waals surface area contributed by atoms with Crippen LogP contribution in [0.4, 0.5) is 24.5 Å². The van der Waals surface area contributed by atoms with Gasteiger partial charge in [0, 0.05) is 22.2 Å². The van der Waals surface area contributed by atoms with E-state index in [-0.39, 0.29) is 23.2 Å². The van der Waals surface area contributed by atoms with E-state index in [0.29, 0.717) is 21.8 Å². The SMILES string of the molecule is O=[N+]([O-])c1cc(C(F)(F)F)cc([N+](=O)[O-])c1Sc1nnc(-c2cccc(Br)c2)o1. The van der Waals surface area contributed by atoms with Crippen molar-refractivity contribution in [1.82, 2.24) is 10.2 Å². The Bertz CT molecular complexity index is 1090. The zero-order valence-electron chi connectivity index (χ0n) is 13.7. The summed E-state index contributed by atoms with van der Waals surface area (Å²) < 4.78 is 44.9. The Morgan fingerprint density at radius 3 is 2.17 bits per heavy atom. The molecule has 0 bridgehead atoms. The summed E-state index contributed by atoms with van der Waals surface area (Å²) >= 11 is 3.59. The molecule has 0 aliphatic heterocycles. The van der Waals surface area contributed by atoms with E-state index < -0.39 is 37.9 Å². The highest BCUT2D eigenvalue weighted by atomic mass is 79.9. The molecule has 29 heavy (non-hydrogen) atoms. The van der Waals surface area contributed by atoms with Crippen molar-refractivity contribution in [3.63, 3.8) is 0 Å². The number of nitrogens with zero attached hydrogens (tertiary/aromatic N) is 4. The molecule has 0 amide bonds. The fourth-order valence-electron chi connectivity index (χ4n) is 2.21. The molecule has 0 fully saturated rings. The third-order valence-electron chi connectivity index (χ3n) is 3.44. The summed E-state index contributed by atoms with van der Waals surface area (Å²) in [7, 11) is 0. The molecule has 0 spiro atoms. The van der Waals surface area contributed by atoms with Gasteiger partial charge in [0.05, 0.1) is 15.4 Å². The average Bonchev–Trinajstić information content (AvgIpc) is 3.09. The van der Waals surface area contributed by atoms with Crippen LogP contribution in [0, 0.1) is 20.2 Å². The lowest BCUT2D eigenvalue weighted by Gasteiger charge is -2.08. The number of nitro benzene ring substituents is 2. The summed E-state index contributed by atoms with van der Waals surface area (Å²) in [5, 5.41) is 29.6. The van der Waals surface area contributed by atoms with Crippen LogP contribution in [0.15, 0.2) is 55.4 Å². The lowest BCUT2D eigenvalue weighted by molar-refractivity contribution is -0.400. The minimum absolute atomic E-state index is 0.0195. The van der Waals surface area contributed by atoms with Gasteiger partial charge in [0.1, 0.15) is 0 Å². The van der Waals surface area contributed by atoms with Gasteiger partial charge >= 0.3 is 6.18 Å². The lowest BCUT2D eigenvalue weighted by atomic mass is 10.1. The number of benzene rings is 2. The molecule has 3 rings (SSSR count). The van der Waals surface area contributed by atoms with Gasteiger partial charge in [-0.3, -0.25) is 20.2 Å². The fourth-order valence-corrected chi connectivity index (χ4v) is 3.47. The number of hydrogen-bond acceptors (Lipinski definition) is 8. The number of alkyl halides is 3. The van der Waals surface area contributed by atoms with Crippen LogP contribution in [0.3, 0.4) is 0 Å². The first-order valence-electron chi connectivity index (χ1n) is 7.37. The van der Waals surface area contributed by atoms with Crippen LogP contribution in [0.25, 0.3) is 11.5 Å². The zero-order chi connectivity index (χ0) is 21.3. The fraction of sp³-hybridized carbons (Fsp3) is 0.0667. The van der Waals surface area contributed by atoms with Crippen molar-refractivity contribution in [2.24, 2.45) is 0 Å². The first-order valence-corrected chi connectivity index (χ1v) is 8.98. The van der Waals surface area contributed by atoms with E-state index in [9.17, 15) is 33.4 Å². The van der Waals surface area contributed by atoms with Gasteiger partial charge in [-0.25, -0.2) is 0 Å². The molecule has 0 aliphatic carbocycles. The van der Waals surface area contributed by atoms with Gasteiger partial charge in [-0.2, -0.15) is 13.2 Å². The van der Waals surface area contributed by atoms with E-state index >= 15 is 0 Å². The van der Waals surface area contributed by atoms with Crippen LogP contribution in [0.2, 0.25) is 0 Å². The average molecular weight is 491 g/mol. The minimum Gasteiger partial charge on any atom is -0.411 e. The highest BCUT2D eigenvalue weighted by Gasteiger charge is 2.38. The molecule has 1 heterocycles. The first kappa shape index (κ1) is 20.7. The van der Waals surface area contributed by atoms with Crippen LogP contribution >= 0.6 is 27.7 Å². The van der Waals surface area contributed by atoms with Crippen LogP contribution in [-0.4, -0.2) is 20.0 Å². The van der Waals surface area contributed by atoms with Crippen LogP contribution < -0.4 is 0 Å². The highest BCUT2D eigenvalue weighted by Crippen LogP contribution is 2.45. The van der Waals surface area contributed by atoms with Crippen LogP contribution in [-0.2, 0) is 6.18 Å². The summed E-state index contributed by atoms with van der Waals surface area (Å²) in [6.45, 7) is 0. The Kier molecular flexibility index (Phi) is 5.57. The van der Waals surface area contributed by atoms with E-state index in [0.717, 1.165) is 0 Å². The van der Waals surface area contributed by atoms with E-state index in [4.69, 9.17) is 4.42 Å². The molecular formula is C15H6BrF3N4O5S. The quantitative estimate of drug-likeness (QED) is 0.339. The summed E-state index contributed by atoms with van der Waals surface area (Å²) in [6.07, 6.45) is -5.00. The van der Waals surface area contributed by atoms with E-state index in [2.05, 4.69) is 26.1 Å². The number of halogens is 4. The van der Waals surface area contributed by atoms with Crippen molar-refractivity contribution in [2.45, 2.75) is 16.3 Å². The maximum atomic E-state index is 13.0. The number of nitro groups is 2. The maximum absolute atomic E-state index is 13.0. The molecule has 3 aromatic rings. The third kappa shape index (κ3) is 4.54. The highest BCUT2D eigenvalue weighted by molar-refractivity contribution is 9.10. The van der Waals surface area contributed by atoms with Gasteiger partial charge in [0.25, 0.3) is 16.6 Å². The van der Waals surface area contributed by atoms with Crippen molar-refractivity contribution in [2.75, 3.05) is 0 Å². The van der Waals surface area contributed by atoms with Gasteiger partial charge in [-0.15, -0.1) is 10.2 Å². The molecule has 0 saturated carbocycles. The summed E-state index contributed by atoms with van der Waals surface area (Å²) in [5.74, 6) is 0.0195. The zero-order valence-corrected chi connectivity index (χ0v) is 16.1. The van der Waals surface area contributed by atoms with Crippen molar-refractivity contribution in [3.8, 4) is 11.5 Å². The molecule has 0 aliphatic rings. The number of hydrogen-bond donors (Lipinski definition) is 0. The van der Waals surface area contributed by atoms with Crippen molar-refractivity contribution in [3.05, 3.63) is 66.7 Å². The summed E-state index contributed by atoms with van der Waals surface area (Å²) in [4.78, 5) is 19.6. The van der Waals surface area contributed by atoms with Gasteiger partial charge in [-0.1, -0.05) is 22.0 Å². The second kappa shape index (κ2) is 7.79. The second-order valence-corrected chi connectivity index (χ2v) is 7.22. The first-order chi connectivity index (χ1) is 13.6. The van der Waals surface area contributed by atoms with Gasteiger partial charge in [0.2, 0.25) is 5.89 Å². The topological polar surface area (TPSA) is 125 Å². The summed E-state index contributed by atoms with van der Waals surface area (Å²) in [6, 6.07) is 7.15. The predicted molar refractivity (Wildman–Crippen MR) is 96.3 cm³/mol. The molecule has 0 radical (unpaired) electrons. The molecule has 0 N–H and O–H groups in total. The molecular weight excluding hydrogens is 485 g/mol.